The van der Waals surface area contributed by atoms with Crippen molar-refractivity contribution in [1.82, 2.24) is 24.8 Å². The van der Waals surface area contributed by atoms with E-state index < -0.39 is 0 Å². The fourth-order valence-electron chi connectivity index (χ4n) is 3.27. The molecule has 1 saturated heterocycles. The van der Waals surface area contributed by atoms with E-state index in [0.29, 0.717) is 6.04 Å². The van der Waals surface area contributed by atoms with Crippen LogP contribution in [-0.2, 0) is 6.54 Å². The van der Waals surface area contributed by atoms with Gasteiger partial charge in [0.2, 0.25) is 0 Å². The molecule has 4 rings (SSSR count). The van der Waals surface area contributed by atoms with Gasteiger partial charge in [0.1, 0.15) is 11.6 Å². The van der Waals surface area contributed by atoms with Crippen molar-refractivity contribution < 1.29 is 0 Å². The molecule has 0 bridgehead atoms. The summed E-state index contributed by atoms with van der Waals surface area (Å²) in [5.41, 5.74) is 2.45. The first-order valence-corrected chi connectivity index (χ1v) is 8.24. The maximum absolute atomic E-state index is 4.42. The zero-order chi connectivity index (χ0) is 16.2. The molecule has 122 valence electrons. The second-order valence-corrected chi connectivity index (χ2v) is 6.02. The third-order valence-electron chi connectivity index (χ3n) is 4.38. The molecule has 1 aliphatic heterocycles. The van der Waals surface area contributed by atoms with Gasteiger partial charge in [0.25, 0.3) is 0 Å². The fraction of sp³-hybridized carbons (Fsp3) is 0.278. The van der Waals surface area contributed by atoms with Crippen molar-refractivity contribution in [3.05, 3.63) is 66.5 Å². The van der Waals surface area contributed by atoms with E-state index in [4.69, 9.17) is 0 Å². The molecule has 0 saturated carbocycles. The number of nitrogens with one attached hydrogen (secondary N) is 2. The van der Waals surface area contributed by atoms with Crippen molar-refractivity contribution in [3.8, 4) is 0 Å². The summed E-state index contributed by atoms with van der Waals surface area (Å²) in [4.78, 5) is 18.5. The van der Waals surface area contributed by atoms with Gasteiger partial charge < -0.3 is 10.3 Å². The second-order valence-electron chi connectivity index (χ2n) is 6.02. The summed E-state index contributed by atoms with van der Waals surface area (Å²) in [7, 11) is 0. The molecule has 0 spiro atoms. The van der Waals surface area contributed by atoms with Crippen LogP contribution in [0, 0.1) is 0 Å². The Kier molecular flexibility index (Phi) is 4.20. The van der Waals surface area contributed by atoms with Crippen LogP contribution in [0.2, 0.25) is 0 Å². The zero-order valence-electron chi connectivity index (χ0n) is 13.4. The Hall–Kier alpha value is -2.73. The maximum atomic E-state index is 4.42. The Morgan fingerprint density at radius 3 is 2.96 bits per heavy atom. The lowest BCUT2D eigenvalue weighted by atomic mass is 10.1. The Morgan fingerprint density at radius 1 is 1.17 bits per heavy atom. The minimum Gasteiger partial charge on any atom is -0.347 e. The normalized spacial score (nSPS) is 17.9. The molecule has 3 aromatic rings. The molecule has 6 heteroatoms. The summed E-state index contributed by atoms with van der Waals surface area (Å²) < 4.78 is 0. The minimum atomic E-state index is 0.417. The van der Waals surface area contributed by atoms with Crippen LogP contribution in [0.25, 0.3) is 0 Å². The number of hydrogen-bond donors (Lipinski definition) is 2. The lowest BCUT2D eigenvalue weighted by molar-refractivity contribution is 0.246. The van der Waals surface area contributed by atoms with E-state index in [1.165, 1.54) is 18.4 Å². The van der Waals surface area contributed by atoms with Crippen molar-refractivity contribution in [3.63, 3.8) is 0 Å². The van der Waals surface area contributed by atoms with Gasteiger partial charge in [-0.3, -0.25) is 4.90 Å². The summed E-state index contributed by atoms with van der Waals surface area (Å²) in [6.07, 6.45) is 9.66. The van der Waals surface area contributed by atoms with Gasteiger partial charge in [0.15, 0.2) is 0 Å². The van der Waals surface area contributed by atoms with Crippen molar-refractivity contribution in [2.45, 2.75) is 25.4 Å². The average Bonchev–Trinajstić information content (AvgIpc) is 3.28. The molecule has 3 aromatic heterocycles. The van der Waals surface area contributed by atoms with Crippen LogP contribution in [0.15, 0.2) is 55.2 Å². The van der Waals surface area contributed by atoms with E-state index in [1.54, 1.807) is 12.5 Å². The lowest BCUT2D eigenvalue weighted by Crippen LogP contribution is -2.23. The van der Waals surface area contributed by atoms with Crippen molar-refractivity contribution in [2.75, 3.05) is 11.9 Å². The van der Waals surface area contributed by atoms with E-state index in [0.717, 1.165) is 30.4 Å². The molecule has 1 atom stereocenters. The van der Waals surface area contributed by atoms with E-state index in [2.05, 4.69) is 42.3 Å². The van der Waals surface area contributed by atoms with Crippen LogP contribution in [-0.4, -0.2) is 31.4 Å². The second kappa shape index (κ2) is 6.80. The van der Waals surface area contributed by atoms with Gasteiger partial charge in [-0.05, 0) is 49.2 Å². The smallest absolute Gasteiger partial charge is 0.131 e. The first-order chi connectivity index (χ1) is 11.9. The topological polar surface area (TPSA) is 69.7 Å². The summed E-state index contributed by atoms with van der Waals surface area (Å²) in [5, 5.41) is 3.27. The van der Waals surface area contributed by atoms with E-state index in [9.17, 15) is 0 Å². The lowest BCUT2D eigenvalue weighted by Gasteiger charge is -2.24. The van der Waals surface area contributed by atoms with Crippen molar-refractivity contribution >= 4 is 11.6 Å². The van der Waals surface area contributed by atoms with E-state index in [-0.39, 0.29) is 0 Å². The Labute approximate surface area is 141 Å². The zero-order valence-corrected chi connectivity index (χ0v) is 13.4. The van der Waals surface area contributed by atoms with Gasteiger partial charge in [0, 0.05) is 36.9 Å². The standard InChI is InChI=1S/C18H20N6/c1-2-7-20-17(5-1)23-18-10-14(6-8-21-18)16-4-3-9-24(16)12-15-11-19-13-22-15/h1-2,5-8,10-11,13,16H,3-4,9,12H2,(H,19,22)(H,20,21,23)/t16-/m0/s1. The van der Waals surface area contributed by atoms with Gasteiger partial charge in [-0.25, -0.2) is 15.0 Å². The molecule has 0 unspecified atom stereocenters. The number of pyridine rings is 2. The number of likely N-dealkylation sites (tertiary alicyclic amines) is 1. The van der Waals surface area contributed by atoms with Crippen molar-refractivity contribution in [2.24, 2.45) is 0 Å². The first-order valence-electron chi connectivity index (χ1n) is 8.24. The molecule has 0 aliphatic carbocycles. The predicted octanol–water partition coefficient (Wildman–Crippen LogP) is 3.28. The quantitative estimate of drug-likeness (QED) is 0.755. The fourth-order valence-corrected chi connectivity index (χ4v) is 3.27. The Morgan fingerprint density at radius 2 is 2.12 bits per heavy atom. The van der Waals surface area contributed by atoms with E-state index >= 15 is 0 Å². The largest absolute Gasteiger partial charge is 0.347 e. The molecule has 24 heavy (non-hydrogen) atoms. The molecule has 1 fully saturated rings. The van der Waals surface area contributed by atoms with Gasteiger partial charge in [-0.15, -0.1) is 0 Å². The molecule has 6 nitrogen and oxygen atoms in total. The number of rotatable bonds is 5. The molecule has 1 aliphatic rings. The van der Waals surface area contributed by atoms with Crippen LogP contribution in [0.4, 0.5) is 11.6 Å². The van der Waals surface area contributed by atoms with Crippen LogP contribution < -0.4 is 5.32 Å². The summed E-state index contributed by atoms with van der Waals surface area (Å²) >= 11 is 0. The van der Waals surface area contributed by atoms with Gasteiger partial charge >= 0.3 is 0 Å². The highest BCUT2D eigenvalue weighted by Gasteiger charge is 2.26. The van der Waals surface area contributed by atoms with Crippen molar-refractivity contribution in [1.29, 1.82) is 0 Å². The summed E-state index contributed by atoms with van der Waals surface area (Å²) in [6.45, 7) is 2.00. The third kappa shape index (κ3) is 3.28. The number of imidazole rings is 1. The van der Waals surface area contributed by atoms with Crippen LogP contribution in [0.1, 0.15) is 30.1 Å². The maximum Gasteiger partial charge on any atom is 0.131 e. The number of aromatic nitrogens is 4. The van der Waals surface area contributed by atoms with Gasteiger partial charge in [-0.2, -0.15) is 0 Å². The molecule has 0 amide bonds. The monoisotopic (exact) mass is 320 g/mol. The highest BCUT2D eigenvalue weighted by molar-refractivity contribution is 5.52. The first kappa shape index (κ1) is 14.8. The SMILES string of the molecule is c1ccc(Nc2cc([C@@H]3CCCN3Cc3cnc[nH]3)ccn2)nc1. The number of aromatic amines is 1. The van der Waals surface area contributed by atoms with Gasteiger partial charge in [-0.1, -0.05) is 6.07 Å². The average molecular weight is 320 g/mol. The Balaban J connectivity index is 1.51. The summed E-state index contributed by atoms with van der Waals surface area (Å²) in [5.74, 6) is 1.64. The molecule has 2 N–H and O–H groups in total. The highest BCUT2D eigenvalue weighted by Crippen LogP contribution is 2.33. The Bertz CT molecular complexity index is 771. The minimum absolute atomic E-state index is 0.417. The molecule has 4 heterocycles. The molecule has 0 aromatic carbocycles. The van der Waals surface area contributed by atoms with Crippen LogP contribution in [0.3, 0.4) is 0 Å². The molecule has 0 radical (unpaired) electrons. The highest BCUT2D eigenvalue weighted by atomic mass is 15.2. The number of hydrogen-bond acceptors (Lipinski definition) is 5. The summed E-state index contributed by atoms with van der Waals surface area (Å²) in [6, 6.07) is 10.5. The number of nitrogens with zero attached hydrogens (tertiary/aromatic N) is 4. The van der Waals surface area contributed by atoms with Gasteiger partial charge in [0.05, 0.1) is 6.33 Å². The van der Waals surface area contributed by atoms with Crippen LogP contribution >= 0.6 is 0 Å². The molecular formula is C18H20N6. The van der Waals surface area contributed by atoms with E-state index in [1.807, 2.05) is 30.6 Å². The number of H-pyrrole nitrogens is 1. The van der Waals surface area contributed by atoms with Crippen LogP contribution in [0.5, 0.6) is 0 Å². The predicted molar refractivity (Wildman–Crippen MR) is 92.7 cm³/mol. The third-order valence-corrected chi connectivity index (χ3v) is 4.38. The molecular weight excluding hydrogens is 300 g/mol. The number of anilines is 2.